The molecule has 0 aromatic rings. The topological polar surface area (TPSA) is 40.5 Å². The molecule has 3 fully saturated rings. The number of hydrogen-bond donors (Lipinski definition) is 2. The average molecular weight is 427 g/mol. The Bertz CT molecular complexity index is 823. The van der Waals surface area contributed by atoms with Gasteiger partial charge in [0.2, 0.25) is 0 Å². The second-order valence-electron chi connectivity index (χ2n) is 14.0. The zero-order valence-corrected chi connectivity index (χ0v) is 20.9. The Labute approximate surface area is 190 Å². The van der Waals surface area contributed by atoms with Gasteiger partial charge in [-0.25, -0.2) is 0 Å². The highest BCUT2D eigenvalue weighted by molar-refractivity contribution is 5.42. The monoisotopic (exact) mass is 426 g/mol. The fourth-order valence-electron chi connectivity index (χ4n) is 9.59. The van der Waals surface area contributed by atoms with Gasteiger partial charge in [0.15, 0.2) is 0 Å². The Kier molecular flexibility index (Phi) is 4.81. The molecule has 0 heterocycles. The molecule has 31 heavy (non-hydrogen) atoms. The number of allylic oxidation sites excluding steroid dienone is 4. The second kappa shape index (κ2) is 6.72. The summed E-state index contributed by atoms with van der Waals surface area (Å²) in [5.74, 6) is 1.87. The lowest BCUT2D eigenvalue weighted by Crippen LogP contribution is -2.60. The van der Waals surface area contributed by atoms with E-state index in [-0.39, 0.29) is 22.3 Å². The summed E-state index contributed by atoms with van der Waals surface area (Å²) in [7, 11) is 0. The molecule has 5 aliphatic rings. The molecule has 5 rings (SSSR count). The molecule has 0 aromatic heterocycles. The van der Waals surface area contributed by atoms with Gasteiger partial charge < -0.3 is 10.2 Å². The highest BCUT2D eigenvalue weighted by Gasteiger charge is 2.63. The summed E-state index contributed by atoms with van der Waals surface area (Å²) in [4.78, 5) is 0. The molecule has 0 radical (unpaired) electrons. The van der Waals surface area contributed by atoms with Crippen LogP contribution in [-0.2, 0) is 0 Å². The maximum Gasteiger partial charge on any atom is 0.0594 e. The Balaban J connectivity index is 1.59. The van der Waals surface area contributed by atoms with Crippen molar-refractivity contribution in [3.8, 4) is 0 Å². The van der Waals surface area contributed by atoms with Crippen molar-refractivity contribution in [1.29, 1.82) is 0 Å². The van der Waals surface area contributed by atoms with Crippen LogP contribution in [0.3, 0.4) is 0 Å². The van der Waals surface area contributed by atoms with E-state index in [4.69, 9.17) is 0 Å². The number of rotatable bonds is 1. The molecule has 0 amide bonds. The van der Waals surface area contributed by atoms with E-state index in [1.54, 1.807) is 11.1 Å². The molecular formula is C29H46O2. The first kappa shape index (κ1) is 22.2. The minimum Gasteiger partial charge on any atom is -0.396 e. The molecule has 0 spiro atoms. The summed E-state index contributed by atoms with van der Waals surface area (Å²) in [6.45, 7) is 14.9. The molecule has 2 N–H and O–H groups in total. The zero-order valence-electron chi connectivity index (χ0n) is 20.9. The highest BCUT2D eigenvalue weighted by atomic mass is 16.3. The molecule has 8 atom stereocenters. The van der Waals surface area contributed by atoms with Gasteiger partial charge in [0.1, 0.15) is 0 Å². The summed E-state index contributed by atoms with van der Waals surface area (Å²) in [6, 6.07) is 0. The third kappa shape index (κ3) is 2.89. The van der Waals surface area contributed by atoms with Gasteiger partial charge in [0, 0.05) is 6.61 Å². The molecular weight excluding hydrogens is 380 g/mol. The molecule has 3 saturated carbocycles. The number of fused-ring (bicyclic) bond motifs is 6. The van der Waals surface area contributed by atoms with Gasteiger partial charge in [-0.15, -0.1) is 0 Å². The minimum atomic E-state index is -0.158. The van der Waals surface area contributed by atoms with Crippen molar-refractivity contribution in [2.45, 2.75) is 105 Å². The van der Waals surface area contributed by atoms with Crippen LogP contribution >= 0.6 is 0 Å². The molecule has 0 aliphatic heterocycles. The third-order valence-electron chi connectivity index (χ3n) is 11.9. The third-order valence-corrected chi connectivity index (χ3v) is 11.9. The predicted octanol–water partition coefficient (Wildman–Crippen LogP) is 6.67. The lowest BCUT2D eigenvalue weighted by Gasteiger charge is -2.66. The van der Waals surface area contributed by atoms with Crippen molar-refractivity contribution in [2.75, 3.05) is 6.61 Å². The highest BCUT2D eigenvalue weighted by Crippen LogP contribution is 2.70. The Morgan fingerprint density at radius 1 is 0.871 bits per heavy atom. The maximum absolute atomic E-state index is 10.8. The lowest BCUT2D eigenvalue weighted by atomic mass is 9.38. The van der Waals surface area contributed by atoms with E-state index in [9.17, 15) is 10.2 Å². The van der Waals surface area contributed by atoms with Gasteiger partial charge in [-0.05, 0) is 108 Å². The molecule has 0 saturated heterocycles. The van der Waals surface area contributed by atoms with E-state index in [0.29, 0.717) is 35.2 Å². The summed E-state index contributed by atoms with van der Waals surface area (Å²) in [5, 5.41) is 21.0. The normalized spacial score (nSPS) is 53.3. The fraction of sp³-hybridized carbons (Fsp3) is 0.862. The number of hydrogen-bond acceptors (Lipinski definition) is 2. The summed E-state index contributed by atoms with van der Waals surface area (Å²) in [5.41, 5.74) is 4.37. The van der Waals surface area contributed by atoms with Gasteiger partial charge in [-0.2, -0.15) is 0 Å². The van der Waals surface area contributed by atoms with E-state index in [2.05, 4.69) is 53.7 Å². The minimum absolute atomic E-state index is 0.0123. The van der Waals surface area contributed by atoms with Crippen LogP contribution in [0.25, 0.3) is 0 Å². The Morgan fingerprint density at radius 2 is 1.58 bits per heavy atom. The van der Waals surface area contributed by atoms with Crippen molar-refractivity contribution in [2.24, 2.45) is 44.8 Å². The van der Waals surface area contributed by atoms with Gasteiger partial charge in [-0.3, -0.25) is 0 Å². The van der Waals surface area contributed by atoms with Crippen LogP contribution in [0.1, 0.15) is 99.3 Å². The first-order valence-corrected chi connectivity index (χ1v) is 13.1. The van der Waals surface area contributed by atoms with Gasteiger partial charge in [0.25, 0.3) is 0 Å². The van der Waals surface area contributed by atoms with Crippen molar-refractivity contribution >= 4 is 0 Å². The molecule has 2 heteroatoms. The molecule has 5 aliphatic carbocycles. The van der Waals surface area contributed by atoms with Crippen molar-refractivity contribution in [3.63, 3.8) is 0 Å². The summed E-state index contributed by atoms with van der Waals surface area (Å²) in [6.07, 6.45) is 15.8. The van der Waals surface area contributed by atoms with Crippen LogP contribution in [0.15, 0.2) is 23.3 Å². The van der Waals surface area contributed by atoms with Crippen LogP contribution in [0, 0.1) is 44.8 Å². The zero-order chi connectivity index (χ0) is 22.4. The molecule has 2 nitrogen and oxygen atoms in total. The number of aliphatic hydroxyl groups excluding tert-OH is 2. The molecule has 7 unspecified atom stereocenters. The van der Waals surface area contributed by atoms with Crippen LogP contribution in [0.2, 0.25) is 0 Å². The van der Waals surface area contributed by atoms with Gasteiger partial charge in [0.05, 0.1) is 6.10 Å². The molecule has 0 aromatic carbocycles. The fourth-order valence-corrected chi connectivity index (χ4v) is 9.59. The van der Waals surface area contributed by atoms with E-state index in [0.717, 1.165) is 25.7 Å². The van der Waals surface area contributed by atoms with E-state index in [1.807, 2.05) is 0 Å². The molecule has 174 valence electrons. The number of aliphatic hydroxyl groups is 2. The van der Waals surface area contributed by atoms with E-state index in [1.165, 1.54) is 32.1 Å². The predicted molar refractivity (Wildman–Crippen MR) is 127 cm³/mol. The van der Waals surface area contributed by atoms with E-state index < -0.39 is 0 Å². The van der Waals surface area contributed by atoms with Crippen LogP contribution in [0.5, 0.6) is 0 Å². The van der Waals surface area contributed by atoms with Crippen molar-refractivity contribution < 1.29 is 10.2 Å². The van der Waals surface area contributed by atoms with Crippen molar-refractivity contribution in [1.82, 2.24) is 0 Å². The maximum atomic E-state index is 10.8. The van der Waals surface area contributed by atoms with Gasteiger partial charge >= 0.3 is 0 Å². The second-order valence-corrected chi connectivity index (χ2v) is 14.0. The first-order chi connectivity index (χ1) is 14.4. The summed E-state index contributed by atoms with van der Waals surface area (Å²) >= 11 is 0. The lowest BCUT2D eigenvalue weighted by molar-refractivity contribution is -0.168. The van der Waals surface area contributed by atoms with Crippen LogP contribution in [0.4, 0.5) is 0 Å². The largest absolute Gasteiger partial charge is 0.396 e. The van der Waals surface area contributed by atoms with Crippen molar-refractivity contribution in [3.05, 3.63) is 23.3 Å². The van der Waals surface area contributed by atoms with E-state index >= 15 is 0 Å². The molecule has 0 bridgehead atoms. The van der Waals surface area contributed by atoms with Gasteiger partial charge in [-0.1, -0.05) is 59.3 Å². The standard InChI is InChI=1S/C29H46O2/c1-25(2)22-10-13-28(5)20-9-12-27(4)16-15-26(3,18-30)17-21(27)19(20)7-8-23(28)29(22,6)14-11-24(25)31/h7-8,20,22-24,30-31H,9-18H2,1-6H3/t20?,22?,23?,24?,26-,27?,28?,29?/m0/s1. The SMILES string of the molecule is CC12CCC3C(=C1C[C@@](C)(CO)CC2)C=CC1C3(C)CCC2C(C)(C)C(O)CCC21C. The van der Waals surface area contributed by atoms with Crippen LogP contribution in [-0.4, -0.2) is 22.9 Å². The smallest absolute Gasteiger partial charge is 0.0594 e. The van der Waals surface area contributed by atoms with Crippen LogP contribution < -0.4 is 0 Å². The first-order valence-electron chi connectivity index (χ1n) is 13.1. The Hall–Kier alpha value is -0.600. The Morgan fingerprint density at radius 3 is 2.29 bits per heavy atom. The summed E-state index contributed by atoms with van der Waals surface area (Å²) < 4.78 is 0. The average Bonchev–Trinajstić information content (AvgIpc) is 2.71. The quantitative estimate of drug-likeness (QED) is 0.491.